The number of nitrogens with one attached hydrogen (secondary N) is 1. The second-order valence-corrected chi connectivity index (χ2v) is 10.2. The minimum Gasteiger partial charge on any atom is -0.493 e. The molecule has 0 aliphatic carbocycles. The van der Waals surface area contributed by atoms with Gasteiger partial charge >= 0.3 is 0 Å². The molecule has 1 N–H and O–H groups in total. The third-order valence-electron chi connectivity index (χ3n) is 5.49. The number of methoxy groups -OCH3 is 1. The number of rotatable bonds is 10. The highest BCUT2D eigenvalue weighted by Gasteiger charge is 2.35. The van der Waals surface area contributed by atoms with Crippen LogP contribution in [-0.2, 0) is 9.59 Å². The summed E-state index contributed by atoms with van der Waals surface area (Å²) in [6.45, 7) is 1.89. The molecule has 4 rings (SSSR count). The molecular formula is C28H24Cl2N2O6S. The first-order valence-corrected chi connectivity index (χ1v) is 13.3. The van der Waals surface area contributed by atoms with E-state index in [-0.39, 0.29) is 46.4 Å². The number of benzene rings is 3. The lowest BCUT2D eigenvalue weighted by Gasteiger charge is -2.14. The van der Waals surface area contributed by atoms with Crippen molar-refractivity contribution in [3.63, 3.8) is 0 Å². The number of aryl methyl sites for hydroxylation is 1. The normalized spacial score (nSPS) is 14.1. The van der Waals surface area contributed by atoms with Crippen LogP contribution in [0.1, 0.15) is 11.1 Å². The van der Waals surface area contributed by atoms with Crippen molar-refractivity contribution in [3.05, 3.63) is 86.7 Å². The molecule has 0 saturated carbocycles. The number of ether oxygens (including phenoxy) is 3. The second-order valence-electron chi connectivity index (χ2n) is 8.35. The number of hydrogen-bond donors (Lipinski definition) is 1. The summed E-state index contributed by atoms with van der Waals surface area (Å²) >= 11 is 13.3. The van der Waals surface area contributed by atoms with Crippen LogP contribution >= 0.6 is 35.0 Å². The lowest BCUT2D eigenvalue weighted by molar-refractivity contribution is -0.123. The monoisotopic (exact) mass is 586 g/mol. The summed E-state index contributed by atoms with van der Waals surface area (Å²) in [5.41, 5.74) is 2.02. The molecule has 11 heteroatoms. The molecule has 3 aromatic rings. The fourth-order valence-corrected chi connectivity index (χ4v) is 4.98. The fourth-order valence-electron chi connectivity index (χ4n) is 3.65. The van der Waals surface area contributed by atoms with Crippen LogP contribution in [0.3, 0.4) is 0 Å². The van der Waals surface area contributed by atoms with Gasteiger partial charge in [-0.25, -0.2) is 0 Å². The van der Waals surface area contributed by atoms with Crippen LogP contribution < -0.4 is 19.5 Å². The Morgan fingerprint density at radius 2 is 1.82 bits per heavy atom. The maximum Gasteiger partial charge on any atom is 0.293 e. The number of amides is 3. The minimum atomic E-state index is -0.439. The van der Waals surface area contributed by atoms with Gasteiger partial charge in [-0.2, -0.15) is 0 Å². The Kier molecular flexibility index (Phi) is 9.40. The molecule has 202 valence electrons. The van der Waals surface area contributed by atoms with Gasteiger partial charge in [-0.05, 0) is 72.3 Å². The molecule has 1 aliphatic heterocycles. The lowest BCUT2D eigenvalue weighted by atomic mass is 10.1. The minimum absolute atomic E-state index is 0.114. The van der Waals surface area contributed by atoms with E-state index in [0.717, 1.165) is 22.2 Å². The zero-order valence-electron chi connectivity index (χ0n) is 21.0. The maximum absolute atomic E-state index is 12.9. The number of carbonyl (C=O) groups is 3. The van der Waals surface area contributed by atoms with Gasteiger partial charge in [-0.3, -0.25) is 19.3 Å². The van der Waals surface area contributed by atoms with Gasteiger partial charge < -0.3 is 19.5 Å². The Morgan fingerprint density at radius 3 is 2.56 bits per heavy atom. The fraction of sp³-hybridized carbons (Fsp3) is 0.179. The highest BCUT2D eigenvalue weighted by Crippen LogP contribution is 2.39. The molecule has 0 atom stereocenters. The number of thioether (sulfide) groups is 1. The van der Waals surface area contributed by atoms with Crippen molar-refractivity contribution in [2.75, 3.05) is 32.2 Å². The average molecular weight is 587 g/mol. The van der Waals surface area contributed by atoms with Crippen molar-refractivity contribution < 1.29 is 28.6 Å². The summed E-state index contributed by atoms with van der Waals surface area (Å²) in [6.07, 6.45) is 1.55. The van der Waals surface area contributed by atoms with E-state index >= 15 is 0 Å². The Balaban J connectivity index is 1.40. The van der Waals surface area contributed by atoms with Crippen molar-refractivity contribution >= 4 is 63.8 Å². The molecule has 3 aromatic carbocycles. The van der Waals surface area contributed by atoms with Gasteiger partial charge in [0.25, 0.3) is 17.1 Å². The van der Waals surface area contributed by atoms with Crippen molar-refractivity contribution in [1.29, 1.82) is 0 Å². The Bertz CT molecular complexity index is 1450. The van der Waals surface area contributed by atoms with Crippen LogP contribution in [0.2, 0.25) is 10.0 Å². The molecule has 0 radical (unpaired) electrons. The molecular weight excluding hydrogens is 563 g/mol. The molecule has 1 saturated heterocycles. The summed E-state index contributed by atoms with van der Waals surface area (Å²) in [5, 5.41) is 2.83. The molecule has 8 nitrogen and oxygen atoms in total. The van der Waals surface area contributed by atoms with Crippen molar-refractivity contribution in [2.24, 2.45) is 0 Å². The van der Waals surface area contributed by atoms with E-state index in [0.29, 0.717) is 22.0 Å². The van der Waals surface area contributed by atoms with E-state index in [1.165, 1.54) is 7.11 Å². The summed E-state index contributed by atoms with van der Waals surface area (Å²) < 4.78 is 16.7. The number of carbonyl (C=O) groups excluding carboxylic acids is 3. The number of para-hydroxylation sites is 1. The van der Waals surface area contributed by atoms with Crippen molar-refractivity contribution in [2.45, 2.75) is 6.92 Å². The first kappa shape index (κ1) is 28.4. The van der Waals surface area contributed by atoms with Crippen molar-refractivity contribution in [1.82, 2.24) is 4.90 Å². The Hall–Kier alpha value is -3.66. The molecule has 1 aliphatic rings. The number of anilines is 1. The van der Waals surface area contributed by atoms with Crippen molar-refractivity contribution in [3.8, 4) is 17.2 Å². The molecule has 0 aromatic heterocycles. The topological polar surface area (TPSA) is 94.2 Å². The van der Waals surface area contributed by atoms with E-state index in [9.17, 15) is 14.4 Å². The van der Waals surface area contributed by atoms with Crippen LogP contribution in [0.25, 0.3) is 6.08 Å². The molecule has 0 spiro atoms. The van der Waals surface area contributed by atoms with E-state index in [2.05, 4.69) is 5.32 Å². The average Bonchev–Trinajstić information content (AvgIpc) is 3.16. The lowest BCUT2D eigenvalue weighted by Crippen LogP contribution is -2.32. The van der Waals surface area contributed by atoms with Crippen LogP contribution in [0.15, 0.2) is 65.6 Å². The predicted molar refractivity (Wildman–Crippen MR) is 153 cm³/mol. The van der Waals surface area contributed by atoms with Gasteiger partial charge in [-0.1, -0.05) is 47.5 Å². The van der Waals surface area contributed by atoms with Gasteiger partial charge in [0.1, 0.15) is 12.4 Å². The summed E-state index contributed by atoms with van der Waals surface area (Å²) in [4.78, 5) is 39.1. The zero-order valence-corrected chi connectivity index (χ0v) is 23.4. The van der Waals surface area contributed by atoms with E-state index in [1.54, 1.807) is 42.5 Å². The van der Waals surface area contributed by atoms with Gasteiger partial charge in [0, 0.05) is 0 Å². The van der Waals surface area contributed by atoms with E-state index < -0.39 is 11.8 Å². The summed E-state index contributed by atoms with van der Waals surface area (Å²) in [7, 11) is 1.42. The van der Waals surface area contributed by atoms with Crippen LogP contribution in [0.5, 0.6) is 17.2 Å². The first-order valence-electron chi connectivity index (χ1n) is 11.7. The van der Waals surface area contributed by atoms with Gasteiger partial charge in [0.05, 0.1) is 34.3 Å². The predicted octanol–water partition coefficient (Wildman–Crippen LogP) is 6.44. The van der Waals surface area contributed by atoms with Gasteiger partial charge in [0.15, 0.2) is 18.1 Å². The smallest absolute Gasteiger partial charge is 0.293 e. The standard InChI is InChI=1S/C28H24Cl2N2O6S/c1-17-6-5-7-19(12-17)37-11-10-32-27(34)24(39-28(32)35)15-18-13-21(30)26(23(14-18)36-2)38-16-25(33)31-22-9-4-3-8-20(22)29/h3-9,12-15H,10-11,16H2,1-2H3,(H,31,33)/b24-15-. The molecule has 3 amide bonds. The maximum atomic E-state index is 12.9. The summed E-state index contributed by atoms with van der Waals surface area (Å²) in [5.74, 6) is 0.217. The van der Waals surface area contributed by atoms with Gasteiger partial charge in [-0.15, -0.1) is 0 Å². The molecule has 0 bridgehead atoms. The second kappa shape index (κ2) is 12.9. The summed E-state index contributed by atoms with van der Waals surface area (Å²) in [6, 6.07) is 17.5. The number of imide groups is 1. The Morgan fingerprint density at radius 1 is 1.03 bits per heavy atom. The number of halogens is 2. The Labute approximate surface area is 239 Å². The zero-order chi connectivity index (χ0) is 27.9. The molecule has 1 heterocycles. The van der Waals surface area contributed by atoms with Crippen LogP contribution in [-0.4, -0.2) is 48.8 Å². The largest absolute Gasteiger partial charge is 0.493 e. The third kappa shape index (κ3) is 7.26. The number of hydrogen-bond acceptors (Lipinski definition) is 7. The quantitative estimate of drug-likeness (QED) is 0.273. The van der Waals surface area contributed by atoms with E-state index in [4.69, 9.17) is 37.4 Å². The van der Waals surface area contributed by atoms with E-state index in [1.807, 2.05) is 31.2 Å². The third-order valence-corrected chi connectivity index (χ3v) is 7.01. The number of nitrogens with zero attached hydrogens (tertiary/aromatic N) is 1. The van der Waals surface area contributed by atoms with Crippen LogP contribution in [0, 0.1) is 6.92 Å². The van der Waals surface area contributed by atoms with Gasteiger partial charge in [0.2, 0.25) is 0 Å². The molecule has 39 heavy (non-hydrogen) atoms. The highest BCUT2D eigenvalue weighted by molar-refractivity contribution is 8.18. The molecule has 0 unspecified atom stereocenters. The van der Waals surface area contributed by atoms with Crippen LogP contribution in [0.4, 0.5) is 10.5 Å². The SMILES string of the molecule is COc1cc(/C=C2\SC(=O)N(CCOc3cccc(C)c3)C2=O)cc(Cl)c1OCC(=O)Nc1ccccc1Cl. The highest BCUT2D eigenvalue weighted by atomic mass is 35.5. The molecule has 1 fully saturated rings. The first-order chi connectivity index (χ1) is 18.7.